The number of benzene rings is 3. The van der Waals surface area contributed by atoms with Crippen LogP contribution in [0.15, 0.2) is 76.0 Å². The molecule has 2 aliphatic rings. The smallest absolute Gasteiger partial charge is 0.271 e. The third kappa shape index (κ3) is 4.38. The van der Waals surface area contributed by atoms with Gasteiger partial charge in [-0.1, -0.05) is 47.7 Å². The summed E-state index contributed by atoms with van der Waals surface area (Å²) in [6, 6.07) is 19.6. The Hall–Kier alpha value is -4.30. The lowest BCUT2D eigenvalue weighted by Gasteiger charge is -2.31. The minimum absolute atomic E-state index is 0.0808. The molecule has 0 radical (unpaired) electrons. The molecular weight excluding hydrogens is 524 g/mol. The molecule has 1 aromatic heterocycles. The Morgan fingerprint density at radius 1 is 0.925 bits per heavy atom. The van der Waals surface area contributed by atoms with Crippen LogP contribution < -0.4 is 33.8 Å². The first-order valence-electron chi connectivity index (χ1n) is 13.2. The van der Waals surface area contributed by atoms with Gasteiger partial charge in [0, 0.05) is 5.56 Å². The molecule has 0 spiro atoms. The van der Waals surface area contributed by atoms with E-state index in [2.05, 4.69) is 18.2 Å². The lowest BCUT2D eigenvalue weighted by atomic mass is 9.83. The summed E-state index contributed by atoms with van der Waals surface area (Å²) in [5.41, 5.74) is 6.22. The van der Waals surface area contributed by atoms with Gasteiger partial charge in [-0.05, 0) is 72.4 Å². The highest BCUT2D eigenvalue weighted by atomic mass is 32.1. The molecule has 1 atom stereocenters. The Morgan fingerprint density at radius 2 is 1.68 bits per heavy atom. The van der Waals surface area contributed by atoms with E-state index in [9.17, 15) is 4.79 Å². The fourth-order valence-electron chi connectivity index (χ4n) is 5.55. The van der Waals surface area contributed by atoms with Crippen LogP contribution in [-0.2, 0) is 6.42 Å². The highest BCUT2D eigenvalue weighted by molar-refractivity contribution is 7.07. The van der Waals surface area contributed by atoms with Crippen molar-refractivity contribution in [1.29, 1.82) is 0 Å². The van der Waals surface area contributed by atoms with Crippen LogP contribution in [-0.4, -0.2) is 32.5 Å². The summed E-state index contributed by atoms with van der Waals surface area (Å²) < 4.78 is 24.8. The molecular formula is C32H30N2O5S. The molecule has 40 heavy (non-hydrogen) atoms. The first kappa shape index (κ1) is 26.0. The van der Waals surface area contributed by atoms with E-state index >= 15 is 0 Å². The number of hydrogen-bond acceptors (Lipinski definition) is 7. The molecule has 0 N–H and O–H groups in total. The van der Waals surface area contributed by atoms with Gasteiger partial charge < -0.3 is 18.9 Å². The number of hydrogen-bond donors (Lipinski definition) is 0. The van der Waals surface area contributed by atoms with E-state index in [1.807, 2.05) is 60.0 Å². The fourth-order valence-corrected chi connectivity index (χ4v) is 6.55. The SMILES string of the molecule is CCOc1cc(/C=c2/sc3n(c2=O)[C@@H](c2ccc(OC)c(OC)c2)C2=C(N=3)c3ccccc3CC2)ccc1OC. The molecule has 0 unspecified atom stereocenters. The Labute approximate surface area is 236 Å². The van der Waals surface area contributed by atoms with Crippen molar-refractivity contribution >= 4 is 23.1 Å². The first-order chi connectivity index (χ1) is 19.6. The van der Waals surface area contributed by atoms with E-state index in [1.165, 1.54) is 16.9 Å². The topological polar surface area (TPSA) is 71.3 Å². The molecule has 0 amide bonds. The van der Waals surface area contributed by atoms with Crippen LogP contribution >= 0.6 is 11.3 Å². The second-order valence-electron chi connectivity index (χ2n) is 9.57. The third-order valence-corrected chi connectivity index (χ3v) is 8.36. The Morgan fingerprint density at radius 3 is 2.45 bits per heavy atom. The van der Waals surface area contributed by atoms with E-state index in [4.69, 9.17) is 23.9 Å². The number of thiazole rings is 1. The zero-order valence-corrected chi connectivity index (χ0v) is 23.7. The maximum absolute atomic E-state index is 14.1. The van der Waals surface area contributed by atoms with Crippen LogP contribution in [0.2, 0.25) is 0 Å². The molecule has 3 aromatic carbocycles. The van der Waals surface area contributed by atoms with Gasteiger partial charge in [-0.25, -0.2) is 4.99 Å². The van der Waals surface area contributed by atoms with Gasteiger partial charge >= 0.3 is 0 Å². The standard InChI is InChI=1S/C32H30N2O5S/c1-5-39-27-16-19(10-14-25(27)37-3)17-28-31(35)34-30(21-12-15-24(36-2)26(18-21)38-4)23-13-11-20-8-6-7-9-22(20)29(23)33-32(34)40-28/h6-10,12,14-18,30H,5,11,13H2,1-4H3/b28-17+/t30-/m0/s1. The molecule has 0 saturated heterocycles. The van der Waals surface area contributed by atoms with Gasteiger partial charge in [0.25, 0.3) is 5.56 Å². The second-order valence-corrected chi connectivity index (χ2v) is 10.6. The summed E-state index contributed by atoms with van der Waals surface area (Å²) in [5.74, 6) is 2.56. The highest BCUT2D eigenvalue weighted by Crippen LogP contribution is 2.42. The average molecular weight is 555 g/mol. The summed E-state index contributed by atoms with van der Waals surface area (Å²) in [6.07, 6.45) is 3.60. The maximum Gasteiger partial charge on any atom is 0.271 e. The van der Waals surface area contributed by atoms with Crippen molar-refractivity contribution in [2.24, 2.45) is 4.99 Å². The predicted molar refractivity (Wildman–Crippen MR) is 156 cm³/mol. The minimum Gasteiger partial charge on any atom is -0.493 e. The lowest BCUT2D eigenvalue weighted by molar-refractivity contribution is 0.311. The van der Waals surface area contributed by atoms with Crippen LogP contribution in [0.4, 0.5) is 0 Å². The summed E-state index contributed by atoms with van der Waals surface area (Å²) in [6.45, 7) is 2.44. The Balaban J connectivity index is 1.58. The molecule has 1 aliphatic heterocycles. The normalized spacial score (nSPS) is 16.0. The zero-order valence-electron chi connectivity index (χ0n) is 22.9. The molecule has 0 saturated carbocycles. The molecule has 0 bridgehead atoms. The lowest BCUT2D eigenvalue weighted by Crippen LogP contribution is -2.38. The van der Waals surface area contributed by atoms with Gasteiger partial charge in [0.2, 0.25) is 0 Å². The van der Waals surface area contributed by atoms with Crippen LogP contribution in [0.25, 0.3) is 11.8 Å². The van der Waals surface area contributed by atoms with Gasteiger partial charge in [-0.15, -0.1) is 0 Å². The van der Waals surface area contributed by atoms with Gasteiger partial charge in [-0.2, -0.15) is 0 Å². The summed E-state index contributed by atoms with van der Waals surface area (Å²) in [5, 5.41) is 0. The van der Waals surface area contributed by atoms with E-state index in [0.717, 1.165) is 40.8 Å². The Kier molecular flexibility index (Phi) is 6.94. The van der Waals surface area contributed by atoms with E-state index in [-0.39, 0.29) is 11.6 Å². The van der Waals surface area contributed by atoms with Crippen molar-refractivity contribution in [3.8, 4) is 23.0 Å². The van der Waals surface area contributed by atoms with E-state index in [1.54, 1.807) is 21.3 Å². The van der Waals surface area contributed by atoms with Crippen LogP contribution in [0, 0.1) is 0 Å². The highest BCUT2D eigenvalue weighted by Gasteiger charge is 2.33. The van der Waals surface area contributed by atoms with Crippen molar-refractivity contribution < 1.29 is 18.9 Å². The van der Waals surface area contributed by atoms with Crippen molar-refractivity contribution in [3.05, 3.63) is 108 Å². The number of fused-ring (bicyclic) bond motifs is 3. The summed E-state index contributed by atoms with van der Waals surface area (Å²) in [7, 11) is 4.86. The van der Waals surface area contributed by atoms with Crippen LogP contribution in [0.3, 0.4) is 0 Å². The zero-order chi connectivity index (χ0) is 27.8. The first-order valence-corrected chi connectivity index (χ1v) is 14.0. The molecule has 7 nitrogen and oxygen atoms in total. The predicted octanol–water partition coefficient (Wildman–Crippen LogP) is 4.74. The van der Waals surface area contributed by atoms with Gasteiger partial charge in [-0.3, -0.25) is 9.36 Å². The number of aromatic nitrogens is 1. The number of nitrogens with zero attached hydrogens (tertiary/aromatic N) is 2. The number of aryl methyl sites for hydroxylation is 1. The maximum atomic E-state index is 14.1. The second kappa shape index (κ2) is 10.7. The van der Waals surface area contributed by atoms with Crippen LogP contribution in [0.1, 0.15) is 41.6 Å². The van der Waals surface area contributed by atoms with Crippen LogP contribution in [0.5, 0.6) is 23.0 Å². The minimum atomic E-state index is -0.309. The number of allylic oxidation sites excluding steroid dienone is 1. The average Bonchev–Trinajstić information content (AvgIpc) is 3.30. The molecule has 8 heteroatoms. The van der Waals surface area contributed by atoms with E-state index in [0.29, 0.717) is 38.9 Å². The largest absolute Gasteiger partial charge is 0.493 e. The number of ether oxygens (including phenoxy) is 4. The number of rotatable bonds is 7. The van der Waals surface area contributed by atoms with Gasteiger partial charge in [0.05, 0.1) is 44.2 Å². The molecule has 6 rings (SSSR count). The Bertz CT molecular complexity index is 1820. The monoisotopic (exact) mass is 554 g/mol. The van der Waals surface area contributed by atoms with E-state index < -0.39 is 0 Å². The molecule has 4 aromatic rings. The van der Waals surface area contributed by atoms with Crippen molar-refractivity contribution in [1.82, 2.24) is 4.57 Å². The van der Waals surface area contributed by atoms with Crippen molar-refractivity contribution in [2.45, 2.75) is 25.8 Å². The fraction of sp³-hybridized carbons (Fsp3) is 0.250. The molecule has 1 aliphatic carbocycles. The summed E-state index contributed by atoms with van der Waals surface area (Å²) >= 11 is 1.40. The molecule has 0 fully saturated rings. The summed E-state index contributed by atoms with van der Waals surface area (Å²) in [4.78, 5) is 19.9. The van der Waals surface area contributed by atoms with Gasteiger partial charge in [0.15, 0.2) is 27.8 Å². The molecule has 204 valence electrons. The molecule has 2 heterocycles. The van der Waals surface area contributed by atoms with Gasteiger partial charge in [0.1, 0.15) is 0 Å². The quantitative estimate of drug-likeness (QED) is 0.330. The van der Waals surface area contributed by atoms with Crippen molar-refractivity contribution in [3.63, 3.8) is 0 Å². The number of methoxy groups -OCH3 is 3. The third-order valence-electron chi connectivity index (χ3n) is 7.38. The van der Waals surface area contributed by atoms with Crippen molar-refractivity contribution in [2.75, 3.05) is 27.9 Å².